The van der Waals surface area contributed by atoms with Crippen LogP contribution in [0.2, 0.25) is 0 Å². The average molecular weight is 405 g/mol. The van der Waals surface area contributed by atoms with Gasteiger partial charge >= 0.3 is 5.97 Å². The van der Waals surface area contributed by atoms with Crippen LogP contribution in [-0.4, -0.2) is 36.0 Å². The van der Waals surface area contributed by atoms with Gasteiger partial charge in [0.1, 0.15) is 0 Å². The zero-order valence-corrected chi connectivity index (χ0v) is 17.6. The molecule has 2 aliphatic rings. The van der Waals surface area contributed by atoms with Crippen LogP contribution in [0.15, 0.2) is 24.3 Å². The maximum Gasteiger partial charge on any atom is 0.327 e. The summed E-state index contributed by atoms with van der Waals surface area (Å²) in [6.07, 6.45) is 15.9. The lowest BCUT2D eigenvalue weighted by molar-refractivity contribution is -0.131. The molecule has 0 radical (unpaired) electrons. The first-order valence-electron chi connectivity index (χ1n) is 11.1. The van der Waals surface area contributed by atoms with E-state index < -0.39 is 5.97 Å². The Kier molecular flexibility index (Phi) is 9.95. The number of nitrogens with one attached hydrogen (secondary N) is 2. The quantitative estimate of drug-likeness (QED) is 0.249. The highest BCUT2D eigenvalue weighted by Crippen LogP contribution is 2.53. The minimum Gasteiger partial charge on any atom is -0.478 e. The Labute approximate surface area is 174 Å². The van der Waals surface area contributed by atoms with E-state index in [9.17, 15) is 14.4 Å². The van der Waals surface area contributed by atoms with Gasteiger partial charge in [0, 0.05) is 19.0 Å². The van der Waals surface area contributed by atoms with E-state index in [4.69, 9.17) is 5.11 Å². The summed E-state index contributed by atoms with van der Waals surface area (Å²) in [6, 6.07) is 0. The number of amides is 2. The highest BCUT2D eigenvalue weighted by Gasteiger charge is 2.46. The maximum absolute atomic E-state index is 12.1. The summed E-state index contributed by atoms with van der Waals surface area (Å²) in [5, 5.41) is 14.3. The van der Waals surface area contributed by atoms with Crippen molar-refractivity contribution in [3.8, 4) is 0 Å². The molecule has 0 heterocycles. The molecule has 0 aromatic heterocycles. The lowest BCUT2D eigenvalue weighted by atomic mass is 9.77. The molecule has 2 bridgehead atoms. The maximum atomic E-state index is 12.1. The van der Waals surface area contributed by atoms with Gasteiger partial charge in [0.05, 0.1) is 6.54 Å². The number of hydrogen-bond acceptors (Lipinski definition) is 3. The van der Waals surface area contributed by atoms with Crippen molar-refractivity contribution in [2.24, 2.45) is 23.7 Å². The lowest BCUT2D eigenvalue weighted by Gasteiger charge is -2.30. The number of carboxylic acid groups (broad SMARTS) is 1. The van der Waals surface area contributed by atoms with Crippen molar-refractivity contribution >= 4 is 17.8 Å². The number of carboxylic acids is 1. The number of aliphatic carboxylic acids is 1. The number of rotatable bonds is 13. The number of hydrogen-bond donors (Lipinski definition) is 3. The van der Waals surface area contributed by atoms with E-state index in [1.165, 1.54) is 25.3 Å². The van der Waals surface area contributed by atoms with Crippen molar-refractivity contribution in [1.29, 1.82) is 0 Å². The molecule has 162 valence electrons. The number of allylic oxidation sites excluding steroid dienone is 3. The minimum atomic E-state index is -0.917. The summed E-state index contributed by atoms with van der Waals surface area (Å²) in [4.78, 5) is 34.3. The van der Waals surface area contributed by atoms with Gasteiger partial charge in [0.2, 0.25) is 11.8 Å². The largest absolute Gasteiger partial charge is 0.478 e. The Morgan fingerprint density at radius 1 is 0.966 bits per heavy atom. The molecule has 29 heavy (non-hydrogen) atoms. The zero-order chi connectivity index (χ0) is 21.1. The van der Waals surface area contributed by atoms with Crippen molar-refractivity contribution in [1.82, 2.24) is 10.6 Å². The van der Waals surface area contributed by atoms with Crippen molar-refractivity contribution in [3.05, 3.63) is 24.3 Å². The van der Waals surface area contributed by atoms with Crippen molar-refractivity contribution < 1.29 is 19.5 Å². The molecule has 2 fully saturated rings. The molecule has 0 aromatic rings. The third-order valence-electron chi connectivity index (χ3n) is 6.37. The third kappa shape index (κ3) is 8.03. The molecule has 6 heteroatoms. The van der Waals surface area contributed by atoms with Gasteiger partial charge in [0.15, 0.2) is 0 Å². The molecule has 0 aromatic carbocycles. The second-order valence-electron chi connectivity index (χ2n) is 8.38. The summed E-state index contributed by atoms with van der Waals surface area (Å²) in [5.41, 5.74) is 0. The van der Waals surface area contributed by atoms with Gasteiger partial charge in [-0.05, 0) is 62.2 Å². The molecule has 0 aliphatic heterocycles. The van der Waals surface area contributed by atoms with Crippen LogP contribution in [0.3, 0.4) is 0 Å². The Hall–Kier alpha value is -2.11. The molecule has 0 spiro atoms. The monoisotopic (exact) mass is 404 g/mol. The smallest absolute Gasteiger partial charge is 0.327 e. The van der Waals surface area contributed by atoms with Gasteiger partial charge < -0.3 is 15.7 Å². The van der Waals surface area contributed by atoms with E-state index in [0.29, 0.717) is 37.1 Å². The molecule has 2 amide bonds. The fourth-order valence-corrected chi connectivity index (χ4v) is 4.91. The fraction of sp³-hybridized carbons (Fsp3) is 0.696. The summed E-state index contributed by atoms with van der Waals surface area (Å²) in [7, 11) is 0. The number of fused-ring (bicyclic) bond motifs is 2. The molecule has 0 saturated heterocycles. The Morgan fingerprint density at radius 3 is 2.45 bits per heavy atom. The van der Waals surface area contributed by atoms with Gasteiger partial charge in [-0.1, -0.05) is 38.0 Å². The lowest BCUT2D eigenvalue weighted by Crippen LogP contribution is -2.41. The number of unbranched alkanes of at least 4 members (excludes halogenated alkanes) is 2. The first-order chi connectivity index (χ1) is 14.0. The first kappa shape index (κ1) is 23.2. The van der Waals surface area contributed by atoms with Gasteiger partial charge in [-0.3, -0.25) is 9.59 Å². The van der Waals surface area contributed by atoms with Gasteiger partial charge in [-0.2, -0.15) is 0 Å². The molecule has 3 N–H and O–H groups in total. The van der Waals surface area contributed by atoms with Gasteiger partial charge in [-0.15, -0.1) is 0 Å². The molecule has 2 aliphatic carbocycles. The molecular formula is C23H36N2O4. The Balaban J connectivity index is 1.70. The number of carbonyl (C=O) groups excluding carboxylic acids is 2. The van der Waals surface area contributed by atoms with Crippen LogP contribution in [-0.2, 0) is 14.4 Å². The highest BCUT2D eigenvalue weighted by atomic mass is 16.4. The molecule has 2 rings (SSSR count). The van der Waals surface area contributed by atoms with Crippen LogP contribution in [0.4, 0.5) is 0 Å². The molecule has 4 atom stereocenters. The average Bonchev–Trinajstić information content (AvgIpc) is 3.29. The van der Waals surface area contributed by atoms with E-state index in [-0.39, 0.29) is 18.4 Å². The highest BCUT2D eigenvalue weighted by molar-refractivity contribution is 5.84. The van der Waals surface area contributed by atoms with E-state index in [2.05, 4.69) is 23.6 Å². The van der Waals surface area contributed by atoms with Crippen LogP contribution in [0.5, 0.6) is 0 Å². The molecule has 0 unspecified atom stereocenters. The van der Waals surface area contributed by atoms with Crippen LogP contribution >= 0.6 is 0 Å². The normalized spacial score (nSPS) is 25.7. The predicted octanol–water partition coefficient (Wildman–Crippen LogP) is 3.44. The summed E-state index contributed by atoms with van der Waals surface area (Å²) < 4.78 is 0. The van der Waals surface area contributed by atoms with Crippen LogP contribution in [0.1, 0.15) is 64.7 Å². The van der Waals surface area contributed by atoms with Gasteiger partial charge in [0.25, 0.3) is 0 Å². The van der Waals surface area contributed by atoms with Gasteiger partial charge in [-0.25, -0.2) is 4.79 Å². The fourth-order valence-electron chi connectivity index (χ4n) is 4.91. The minimum absolute atomic E-state index is 0.0477. The van der Waals surface area contributed by atoms with Crippen LogP contribution in [0, 0.1) is 23.7 Å². The zero-order valence-electron chi connectivity index (χ0n) is 17.6. The Morgan fingerprint density at radius 2 is 1.72 bits per heavy atom. The Bertz CT molecular complexity index is 614. The number of carbonyl (C=O) groups is 3. The van der Waals surface area contributed by atoms with Crippen molar-refractivity contribution in [2.45, 2.75) is 64.7 Å². The predicted molar refractivity (Wildman–Crippen MR) is 113 cm³/mol. The van der Waals surface area contributed by atoms with Crippen molar-refractivity contribution in [3.63, 3.8) is 0 Å². The first-order valence-corrected chi connectivity index (χ1v) is 11.1. The van der Waals surface area contributed by atoms with E-state index in [1.54, 1.807) is 6.08 Å². The third-order valence-corrected chi connectivity index (χ3v) is 6.37. The van der Waals surface area contributed by atoms with Crippen LogP contribution in [0.25, 0.3) is 0 Å². The van der Waals surface area contributed by atoms with E-state index in [1.807, 2.05) is 6.08 Å². The standard InChI is InChI=1S/C23H36N2O4/c1-2-3-6-10-21(26)25-16-22(27)24-15-20-18-13-12-17(14-18)19(20)9-7-4-5-8-11-23(28)29/h4,7-8,11,17-20H,2-3,5-6,9-10,12-16H2,1H3,(H,24,27)(H,25,26)(H,28,29)/b7-4-,11-8+/t17-,18+,19-,20+/m0/s1. The topological polar surface area (TPSA) is 95.5 Å². The van der Waals surface area contributed by atoms with E-state index >= 15 is 0 Å². The summed E-state index contributed by atoms with van der Waals surface area (Å²) in [6.45, 7) is 2.84. The SMILES string of the molecule is CCCCCC(=O)NCC(=O)NC[C@@H]1[C@@H]2CC[C@@H](C2)[C@@H]1C/C=C\C/C=C/C(=O)O. The van der Waals surface area contributed by atoms with E-state index in [0.717, 1.165) is 31.6 Å². The second-order valence-corrected chi connectivity index (χ2v) is 8.38. The summed E-state index contributed by atoms with van der Waals surface area (Å²) >= 11 is 0. The molecular weight excluding hydrogens is 368 g/mol. The molecule has 6 nitrogen and oxygen atoms in total. The van der Waals surface area contributed by atoms with Crippen molar-refractivity contribution in [2.75, 3.05) is 13.1 Å². The molecule has 2 saturated carbocycles. The summed E-state index contributed by atoms with van der Waals surface area (Å²) in [5.74, 6) is 1.43. The second kappa shape index (κ2) is 12.5. The van der Waals surface area contributed by atoms with Crippen LogP contribution < -0.4 is 10.6 Å².